The molecular weight excluding hydrogens is 500 g/mol. The van der Waals surface area contributed by atoms with Gasteiger partial charge in [-0.05, 0) is 72.9 Å². The Bertz CT molecular complexity index is 1510. The van der Waals surface area contributed by atoms with Gasteiger partial charge in [0.05, 0.1) is 16.6 Å². The summed E-state index contributed by atoms with van der Waals surface area (Å²) < 4.78 is 2.19. The lowest BCUT2D eigenvalue weighted by molar-refractivity contribution is 0.0697. The summed E-state index contributed by atoms with van der Waals surface area (Å²) in [6, 6.07) is 19.3. The predicted molar refractivity (Wildman–Crippen MR) is 163 cm³/mol. The van der Waals surface area contributed by atoms with Crippen LogP contribution in [-0.4, -0.2) is 52.2 Å². The van der Waals surface area contributed by atoms with Crippen molar-refractivity contribution < 1.29 is 14.7 Å². The number of urea groups is 1. The number of amides is 2. The molecule has 4 aromatic rings. The number of rotatable bonds is 11. The van der Waals surface area contributed by atoms with Crippen LogP contribution < -0.4 is 4.90 Å². The molecule has 0 unspecified atom stereocenters. The molecule has 0 aliphatic heterocycles. The second-order valence-electron chi connectivity index (χ2n) is 10.5. The van der Waals surface area contributed by atoms with Crippen LogP contribution >= 0.6 is 0 Å². The van der Waals surface area contributed by atoms with Gasteiger partial charge >= 0.3 is 12.0 Å². The van der Waals surface area contributed by atoms with E-state index in [0.717, 1.165) is 77.9 Å². The molecule has 210 valence electrons. The number of anilines is 1. The standard InChI is InChI=1S/C33H40N4O3/c1-6-8-12-20-36(33(40)35(4)5)24-17-19-29-30(22-24)37(31(34-29)15-9-7-2)25-16-18-26(23(3)21-25)27-13-10-11-14-28(27)32(38)39/h10-11,13-14,16-19,21-22H,6-9,12,15,20H2,1-5H3,(H,38,39). The number of aromatic nitrogens is 2. The van der Waals surface area contributed by atoms with E-state index in [1.165, 1.54) is 0 Å². The molecule has 0 aliphatic carbocycles. The summed E-state index contributed by atoms with van der Waals surface area (Å²) in [4.78, 5) is 33.5. The van der Waals surface area contributed by atoms with Crippen LogP contribution in [0.2, 0.25) is 0 Å². The van der Waals surface area contributed by atoms with Crippen LogP contribution in [0, 0.1) is 6.92 Å². The third-order valence-corrected chi connectivity index (χ3v) is 7.29. The zero-order valence-corrected chi connectivity index (χ0v) is 24.3. The Hall–Kier alpha value is -4.13. The van der Waals surface area contributed by atoms with Crippen molar-refractivity contribution in [2.45, 2.75) is 59.3 Å². The molecule has 0 saturated heterocycles. The number of carbonyl (C=O) groups is 2. The molecule has 0 radical (unpaired) electrons. The molecule has 1 aromatic heterocycles. The molecule has 1 N–H and O–H groups in total. The quantitative estimate of drug-likeness (QED) is 0.198. The van der Waals surface area contributed by atoms with Crippen molar-refractivity contribution in [3.8, 4) is 16.8 Å². The number of hydrogen-bond donors (Lipinski definition) is 1. The summed E-state index contributed by atoms with van der Waals surface area (Å²) in [6.45, 7) is 7.00. The fourth-order valence-corrected chi connectivity index (χ4v) is 5.16. The Balaban J connectivity index is 1.85. The van der Waals surface area contributed by atoms with Gasteiger partial charge in [0, 0.05) is 38.4 Å². The molecule has 0 fully saturated rings. The van der Waals surface area contributed by atoms with E-state index in [2.05, 4.69) is 30.5 Å². The van der Waals surface area contributed by atoms with Crippen LogP contribution in [0.15, 0.2) is 60.7 Å². The largest absolute Gasteiger partial charge is 0.478 e. The molecule has 4 rings (SSSR count). The number of fused-ring (bicyclic) bond motifs is 1. The normalized spacial score (nSPS) is 11.1. The van der Waals surface area contributed by atoms with Crippen LogP contribution in [0.4, 0.5) is 10.5 Å². The fourth-order valence-electron chi connectivity index (χ4n) is 5.16. The summed E-state index contributed by atoms with van der Waals surface area (Å²) in [7, 11) is 3.57. The molecule has 0 atom stereocenters. The summed E-state index contributed by atoms with van der Waals surface area (Å²) in [6.07, 6.45) is 5.99. The van der Waals surface area contributed by atoms with Crippen molar-refractivity contribution in [1.29, 1.82) is 0 Å². The number of imidazole rings is 1. The zero-order chi connectivity index (χ0) is 28.8. The predicted octanol–water partition coefficient (Wildman–Crippen LogP) is 7.72. The topological polar surface area (TPSA) is 78.7 Å². The highest BCUT2D eigenvalue weighted by atomic mass is 16.4. The first kappa shape index (κ1) is 28.9. The van der Waals surface area contributed by atoms with Gasteiger partial charge in [-0.25, -0.2) is 14.6 Å². The van der Waals surface area contributed by atoms with Crippen LogP contribution in [0.1, 0.15) is 67.7 Å². The van der Waals surface area contributed by atoms with Gasteiger partial charge in [-0.3, -0.25) is 9.47 Å². The Morgan fingerprint density at radius 1 is 0.900 bits per heavy atom. The molecule has 1 heterocycles. The van der Waals surface area contributed by atoms with Crippen LogP contribution in [0.3, 0.4) is 0 Å². The number of benzene rings is 3. The second-order valence-corrected chi connectivity index (χ2v) is 10.5. The molecule has 0 spiro atoms. The second kappa shape index (κ2) is 12.8. The van der Waals surface area contributed by atoms with Crippen molar-refractivity contribution in [2.24, 2.45) is 0 Å². The molecule has 0 aliphatic rings. The van der Waals surface area contributed by atoms with Crippen molar-refractivity contribution in [3.05, 3.63) is 77.6 Å². The maximum absolute atomic E-state index is 13.2. The number of carboxylic acid groups (broad SMARTS) is 1. The fraction of sp³-hybridized carbons (Fsp3) is 0.364. The van der Waals surface area contributed by atoms with Gasteiger partial charge in [0.15, 0.2) is 0 Å². The summed E-state index contributed by atoms with van der Waals surface area (Å²) in [5, 5.41) is 9.73. The minimum absolute atomic E-state index is 0.0370. The molecule has 3 aromatic carbocycles. The monoisotopic (exact) mass is 540 g/mol. The summed E-state index contributed by atoms with van der Waals surface area (Å²) in [5.41, 5.74) is 6.52. The van der Waals surface area contributed by atoms with Crippen LogP contribution in [0.5, 0.6) is 0 Å². The first-order valence-corrected chi connectivity index (χ1v) is 14.2. The van der Waals surface area contributed by atoms with E-state index in [4.69, 9.17) is 4.98 Å². The number of carbonyl (C=O) groups excluding carboxylic acids is 1. The maximum Gasteiger partial charge on any atom is 0.336 e. The van der Waals surface area contributed by atoms with E-state index in [1.807, 2.05) is 48.2 Å². The molecule has 40 heavy (non-hydrogen) atoms. The highest BCUT2D eigenvalue weighted by Gasteiger charge is 2.21. The summed E-state index contributed by atoms with van der Waals surface area (Å²) in [5.74, 6) is 0.0355. The third-order valence-electron chi connectivity index (χ3n) is 7.29. The molecule has 0 saturated carbocycles. The van der Waals surface area contributed by atoms with Gasteiger partial charge < -0.3 is 10.0 Å². The number of nitrogens with zero attached hydrogens (tertiary/aromatic N) is 4. The Morgan fingerprint density at radius 3 is 2.33 bits per heavy atom. The first-order valence-electron chi connectivity index (χ1n) is 14.2. The molecule has 7 heteroatoms. The molecule has 7 nitrogen and oxygen atoms in total. The van der Waals surface area contributed by atoms with E-state index in [9.17, 15) is 14.7 Å². The van der Waals surface area contributed by atoms with E-state index in [1.54, 1.807) is 31.1 Å². The van der Waals surface area contributed by atoms with Crippen LogP contribution in [0.25, 0.3) is 27.8 Å². The maximum atomic E-state index is 13.2. The summed E-state index contributed by atoms with van der Waals surface area (Å²) >= 11 is 0. The van der Waals surface area contributed by atoms with Gasteiger partial charge in [0.2, 0.25) is 0 Å². The molecule has 0 bridgehead atoms. The molecular formula is C33H40N4O3. The van der Waals surface area contributed by atoms with Gasteiger partial charge in [0.25, 0.3) is 0 Å². The van der Waals surface area contributed by atoms with Gasteiger partial charge in [0.1, 0.15) is 5.82 Å². The van der Waals surface area contributed by atoms with E-state index >= 15 is 0 Å². The lowest BCUT2D eigenvalue weighted by Crippen LogP contribution is -2.40. The average Bonchev–Trinajstić information content (AvgIpc) is 3.31. The van der Waals surface area contributed by atoms with Crippen molar-refractivity contribution >= 4 is 28.7 Å². The Morgan fingerprint density at radius 2 is 1.65 bits per heavy atom. The van der Waals surface area contributed by atoms with Crippen molar-refractivity contribution in [3.63, 3.8) is 0 Å². The highest BCUT2D eigenvalue weighted by molar-refractivity contribution is 5.97. The number of aryl methyl sites for hydroxylation is 2. The SMILES string of the molecule is CCCCCN(C(=O)N(C)C)c1ccc2nc(CCCC)n(-c3ccc(-c4ccccc4C(=O)O)c(C)c3)c2c1. The Kier molecular flexibility index (Phi) is 9.25. The van der Waals surface area contributed by atoms with Crippen molar-refractivity contribution in [1.82, 2.24) is 14.5 Å². The van der Waals surface area contributed by atoms with Gasteiger partial charge in [-0.15, -0.1) is 0 Å². The number of unbranched alkanes of at least 4 members (excludes halogenated alkanes) is 3. The smallest absolute Gasteiger partial charge is 0.336 e. The Labute approximate surface area is 237 Å². The first-order chi connectivity index (χ1) is 19.3. The highest BCUT2D eigenvalue weighted by Crippen LogP contribution is 2.32. The number of hydrogen-bond acceptors (Lipinski definition) is 3. The number of carboxylic acids is 1. The van der Waals surface area contributed by atoms with Crippen LogP contribution in [-0.2, 0) is 6.42 Å². The molecule has 2 amide bonds. The van der Waals surface area contributed by atoms with Gasteiger partial charge in [-0.2, -0.15) is 0 Å². The van der Waals surface area contributed by atoms with Gasteiger partial charge in [-0.1, -0.05) is 57.4 Å². The minimum Gasteiger partial charge on any atom is -0.478 e. The van der Waals surface area contributed by atoms with Crippen molar-refractivity contribution in [2.75, 3.05) is 25.5 Å². The van der Waals surface area contributed by atoms with E-state index in [0.29, 0.717) is 12.1 Å². The third kappa shape index (κ3) is 6.03. The lowest BCUT2D eigenvalue weighted by Gasteiger charge is -2.26. The zero-order valence-electron chi connectivity index (χ0n) is 24.3. The van der Waals surface area contributed by atoms with E-state index < -0.39 is 5.97 Å². The lowest BCUT2D eigenvalue weighted by atomic mass is 9.95. The average molecular weight is 541 g/mol. The number of aromatic carboxylic acids is 1. The minimum atomic E-state index is -0.940. The van der Waals surface area contributed by atoms with E-state index in [-0.39, 0.29) is 11.6 Å².